The lowest BCUT2D eigenvalue weighted by atomic mass is 10.1. The van der Waals surface area contributed by atoms with Gasteiger partial charge in [0, 0.05) is 17.2 Å². The molecule has 184 valence electrons. The van der Waals surface area contributed by atoms with Crippen molar-refractivity contribution in [2.75, 3.05) is 17.6 Å². The molecule has 12 heteroatoms. The second-order valence-electron chi connectivity index (χ2n) is 9.11. The lowest BCUT2D eigenvalue weighted by Gasteiger charge is -2.23. The summed E-state index contributed by atoms with van der Waals surface area (Å²) in [6.45, 7) is 1.02. The fourth-order valence-electron chi connectivity index (χ4n) is 5.15. The number of nitrogen functional groups attached to an aromatic ring is 1. The van der Waals surface area contributed by atoms with Crippen molar-refractivity contribution in [3.8, 4) is 11.3 Å². The minimum absolute atomic E-state index is 0.166. The Balaban J connectivity index is 1.29. The van der Waals surface area contributed by atoms with E-state index in [2.05, 4.69) is 25.6 Å². The van der Waals surface area contributed by atoms with E-state index in [4.69, 9.17) is 10.8 Å². The molecule has 4 aromatic rings. The summed E-state index contributed by atoms with van der Waals surface area (Å²) < 4.78 is 40.7. The lowest BCUT2D eigenvalue weighted by molar-refractivity contribution is -0.141. The first-order valence-electron chi connectivity index (χ1n) is 11.5. The number of hydrogen-bond donors (Lipinski definition) is 3. The average molecular weight is 494 g/mol. The number of nitrogens with two attached hydrogens (primary N) is 1. The standard InChI is InChI=1S/C24H21F3N8O/c25-24(26,27)17-2-1-3-18(32-17)33-23(36)14-6-4-13(5-7-14)20-19-21(28)30-11-31-22(19)35(34-20)16-9-12-8-15(16)29-10-12/h1-7,11-12,15-16,29H,8-10H2,(H2,28,30,31)(H,32,33,36). The maximum atomic E-state index is 12.9. The Hall–Kier alpha value is -4.06. The minimum Gasteiger partial charge on any atom is -0.383 e. The molecule has 3 atom stereocenters. The predicted molar refractivity (Wildman–Crippen MR) is 126 cm³/mol. The van der Waals surface area contributed by atoms with Crippen molar-refractivity contribution in [2.45, 2.75) is 31.1 Å². The fourth-order valence-corrected chi connectivity index (χ4v) is 5.15. The third kappa shape index (κ3) is 3.83. The molecule has 2 aliphatic rings. The third-order valence-corrected chi connectivity index (χ3v) is 6.83. The van der Waals surface area contributed by atoms with Crippen LogP contribution in [0, 0.1) is 5.92 Å². The molecule has 3 aromatic heterocycles. The monoisotopic (exact) mass is 494 g/mol. The van der Waals surface area contributed by atoms with Gasteiger partial charge in [-0.3, -0.25) is 4.79 Å². The summed E-state index contributed by atoms with van der Waals surface area (Å²) in [4.78, 5) is 24.7. The molecule has 3 unspecified atom stereocenters. The Kier molecular flexibility index (Phi) is 5.14. The molecule has 4 N–H and O–H groups in total. The smallest absolute Gasteiger partial charge is 0.383 e. The number of amides is 1. The first kappa shape index (κ1) is 22.4. The minimum atomic E-state index is -4.60. The van der Waals surface area contributed by atoms with Crippen LogP contribution in [0.2, 0.25) is 0 Å². The number of rotatable bonds is 4. The van der Waals surface area contributed by atoms with Gasteiger partial charge >= 0.3 is 6.18 Å². The van der Waals surface area contributed by atoms with E-state index in [1.54, 1.807) is 24.3 Å². The normalized spacial score (nSPS) is 21.2. The summed E-state index contributed by atoms with van der Waals surface area (Å²) >= 11 is 0. The summed E-state index contributed by atoms with van der Waals surface area (Å²) in [5.41, 5.74) is 7.37. The number of anilines is 2. The Morgan fingerprint density at radius 1 is 1.11 bits per heavy atom. The molecule has 2 bridgehead atoms. The van der Waals surface area contributed by atoms with E-state index in [-0.39, 0.29) is 17.4 Å². The van der Waals surface area contributed by atoms with Crippen LogP contribution < -0.4 is 16.4 Å². The van der Waals surface area contributed by atoms with Gasteiger partial charge < -0.3 is 16.4 Å². The van der Waals surface area contributed by atoms with Gasteiger partial charge in [0.25, 0.3) is 5.91 Å². The largest absolute Gasteiger partial charge is 0.433 e. The first-order valence-corrected chi connectivity index (χ1v) is 11.5. The van der Waals surface area contributed by atoms with Crippen LogP contribution in [-0.2, 0) is 6.18 Å². The number of alkyl halides is 3. The Bertz CT molecular complexity index is 1470. The number of benzene rings is 1. The zero-order valence-corrected chi connectivity index (χ0v) is 18.8. The van der Waals surface area contributed by atoms with Crippen LogP contribution in [0.4, 0.5) is 24.8 Å². The number of carbonyl (C=O) groups is 1. The maximum absolute atomic E-state index is 12.9. The van der Waals surface area contributed by atoms with Crippen molar-refractivity contribution in [2.24, 2.45) is 5.92 Å². The van der Waals surface area contributed by atoms with Crippen molar-refractivity contribution in [1.82, 2.24) is 30.0 Å². The molecule has 1 saturated carbocycles. The average Bonchev–Trinajstić information content (AvgIpc) is 3.59. The summed E-state index contributed by atoms with van der Waals surface area (Å²) in [7, 11) is 0. The van der Waals surface area contributed by atoms with Crippen LogP contribution in [0.3, 0.4) is 0 Å². The number of halogens is 3. The first-order chi connectivity index (χ1) is 17.3. The third-order valence-electron chi connectivity index (χ3n) is 6.83. The van der Waals surface area contributed by atoms with Crippen molar-refractivity contribution in [3.63, 3.8) is 0 Å². The lowest BCUT2D eigenvalue weighted by Crippen LogP contribution is -2.35. The van der Waals surface area contributed by atoms with Crippen molar-refractivity contribution < 1.29 is 18.0 Å². The topological polar surface area (TPSA) is 124 Å². The van der Waals surface area contributed by atoms with E-state index in [9.17, 15) is 18.0 Å². The molecule has 2 fully saturated rings. The van der Waals surface area contributed by atoms with Gasteiger partial charge in [0.1, 0.15) is 29.4 Å². The van der Waals surface area contributed by atoms with Gasteiger partial charge in [-0.25, -0.2) is 19.6 Å². The van der Waals surface area contributed by atoms with Gasteiger partial charge in [0.15, 0.2) is 5.65 Å². The zero-order valence-electron chi connectivity index (χ0n) is 18.8. The quantitative estimate of drug-likeness (QED) is 0.396. The van der Waals surface area contributed by atoms with E-state index >= 15 is 0 Å². The number of piperidine rings is 1. The van der Waals surface area contributed by atoms with Crippen molar-refractivity contribution in [1.29, 1.82) is 0 Å². The predicted octanol–water partition coefficient (Wildman–Crippen LogP) is 3.66. The van der Waals surface area contributed by atoms with Crippen molar-refractivity contribution >= 4 is 28.6 Å². The van der Waals surface area contributed by atoms with Crippen LogP contribution in [0.25, 0.3) is 22.3 Å². The van der Waals surface area contributed by atoms with E-state index in [1.165, 1.54) is 18.5 Å². The maximum Gasteiger partial charge on any atom is 0.433 e. The highest BCUT2D eigenvalue weighted by atomic mass is 19.4. The molecule has 1 aromatic carbocycles. The Labute approximate surface area is 202 Å². The van der Waals surface area contributed by atoms with Gasteiger partial charge in [-0.1, -0.05) is 18.2 Å². The highest BCUT2D eigenvalue weighted by Crippen LogP contribution is 2.42. The van der Waals surface area contributed by atoms with Crippen LogP contribution >= 0.6 is 0 Å². The molecule has 1 aliphatic carbocycles. The summed E-state index contributed by atoms with van der Waals surface area (Å²) in [5.74, 6) is 0.161. The van der Waals surface area contributed by atoms with E-state index in [0.29, 0.717) is 40.1 Å². The molecule has 4 heterocycles. The van der Waals surface area contributed by atoms with Crippen molar-refractivity contribution in [3.05, 3.63) is 60.0 Å². The molecular formula is C24H21F3N8O. The zero-order chi connectivity index (χ0) is 25.0. The van der Waals surface area contributed by atoms with E-state index in [1.807, 2.05) is 4.68 Å². The summed E-state index contributed by atoms with van der Waals surface area (Å²) in [5, 5.41) is 11.5. The van der Waals surface area contributed by atoms with E-state index < -0.39 is 17.8 Å². The molecule has 1 aliphatic heterocycles. The number of nitrogens with one attached hydrogen (secondary N) is 2. The van der Waals surface area contributed by atoms with Gasteiger partial charge in [-0.2, -0.15) is 18.3 Å². The fraction of sp³-hybridized carbons (Fsp3) is 0.292. The number of hydrogen-bond acceptors (Lipinski definition) is 7. The van der Waals surface area contributed by atoms with Crippen LogP contribution in [0.1, 0.15) is 34.9 Å². The number of aromatic nitrogens is 5. The molecule has 6 rings (SSSR count). The number of nitrogens with zero attached hydrogens (tertiary/aromatic N) is 5. The molecule has 0 radical (unpaired) electrons. The summed E-state index contributed by atoms with van der Waals surface area (Å²) in [6, 6.07) is 10.4. The molecule has 9 nitrogen and oxygen atoms in total. The van der Waals surface area contributed by atoms with Crippen LogP contribution in [0.15, 0.2) is 48.8 Å². The van der Waals surface area contributed by atoms with Crippen LogP contribution in [0.5, 0.6) is 0 Å². The Morgan fingerprint density at radius 3 is 2.61 bits per heavy atom. The summed E-state index contributed by atoms with van der Waals surface area (Å²) in [6.07, 6.45) is -1.06. The van der Waals surface area contributed by atoms with Crippen LogP contribution in [-0.4, -0.2) is 43.2 Å². The van der Waals surface area contributed by atoms with Gasteiger partial charge in [-0.15, -0.1) is 0 Å². The molecule has 36 heavy (non-hydrogen) atoms. The SMILES string of the molecule is Nc1ncnc2c1c(-c1ccc(C(=O)Nc3cccc(C(F)(F)F)n3)cc1)nn2C1CC2CNC1C2. The number of fused-ring (bicyclic) bond motifs is 3. The highest BCUT2D eigenvalue weighted by Gasteiger charge is 2.42. The molecule has 0 spiro atoms. The number of carbonyl (C=O) groups excluding carboxylic acids is 1. The molecular weight excluding hydrogens is 473 g/mol. The second-order valence-corrected chi connectivity index (χ2v) is 9.11. The molecule has 1 saturated heterocycles. The second kappa shape index (κ2) is 8.26. The molecule has 1 amide bonds. The Morgan fingerprint density at radius 2 is 1.92 bits per heavy atom. The van der Waals surface area contributed by atoms with Gasteiger partial charge in [0.05, 0.1) is 11.4 Å². The van der Waals surface area contributed by atoms with E-state index in [0.717, 1.165) is 25.5 Å². The number of pyridine rings is 1. The van der Waals surface area contributed by atoms with Gasteiger partial charge in [0.2, 0.25) is 0 Å². The van der Waals surface area contributed by atoms with Gasteiger partial charge in [-0.05, 0) is 49.6 Å². The highest BCUT2D eigenvalue weighted by molar-refractivity contribution is 6.04.